The number of likely N-dealkylation sites (tertiary alicyclic amines) is 1. The van der Waals surface area contributed by atoms with Gasteiger partial charge in [-0.25, -0.2) is 9.78 Å². The topological polar surface area (TPSA) is 73.7 Å². The lowest BCUT2D eigenvalue weighted by Gasteiger charge is -2.45. The third-order valence-electron chi connectivity index (χ3n) is 6.72. The second-order valence-electron chi connectivity index (χ2n) is 10.2. The summed E-state index contributed by atoms with van der Waals surface area (Å²) in [6.45, 7) is 13.0. The lowest BCUT2D eigenvalue weighted by Crippen LogP contribution is -2.51. The number of hydrogen-bond acceptors (Lipinski definition) is 6. The summed E-state index contributed by atoms with van der Waals surface area (Å²) in [5, 5.41) is 0.709. The molecule has 8 heteroatoms. The van der Waals surface area contributed by atoms with Gasteiger partial charge in [-0.2, -0.15) is 0 Å². The van der Waals surface area contributed by atoms with E-state index < -0.39 is 11.0 Å². The zero-order chi connectivity index (χ0) is 25.4. The van der Waals surface area contributed by atoms with Crippen LogP contribution in [0.25, 0.3) is 11.3 Å². The van der Waals surface area contributed by atoms with Gasteiger partial charge in [-0.1, -0.05) is 24.8 Å². The molecule has 35 heavy (non-hydrogen) atoms. The Morgan fingerprint density at radius 2 is 2.00 bits per heavy atom. The Morgan fingerprint density at radius 1 is 1.29 bits per heavy atom. The van der Waals surface area contributed by atoms with Gasteiger partial charge in [-0.15, -0.1) is 6.58 Å². The molecule has 0 atom stereocenters. The molecule has 0 radical (unpaired) electrons. The van der Waals surface area contributed by atoms with Gasteiger partial charge in [0.05, 0.1) is 18.4 Å². The second kappa shape index (κ2) is 9.72. The van der Waals surface area contributed by atoms with Crippen LogP contribution in [-0.4, -0.2) is 52.1 Å². The van der Waals surface area contributed by atoms with E-state index in [1.54, 1.807) is 34.4 Å². The molecule has 1 spiro atoms. The van der Waals surface area contributed by atoms with Crippen molar-refractivity contribution in [3.8, 4) is 17.0 Å². The van der Waals surface area contributed by atoms with E-state index in [1.807, 2.05) is 32.9 Å². The molecule has 0 unspecified atom stereocenters. The molecule has 1 saturated heterocycles. The number of piperidine rings is 1. The quantitative estimate of drug-likeness (QED) is 0.327. The highest BCUT2D eigenvalue weighted by molar-refractivity contribution is 7.99. The number of rotatable bonds is 5. The molecule has 1 aromatic carbocycles. The molecular weight excluding hydrogens is 462 g/mol. The number of carbonyl (C=O) groups is 1. The third-order valence-corrected chi connectivity index (χ3v) is 7.58. The van der Waals surface area contributed by atoms with Crippen molar-refractivity contribution in [1.29, 1.82) is 0 Å². The fourth-order valence-electron chi connectivity index (χ4n) is 5.14. The normalized spacial score (nSPS) is 16.4. The molecular formula is C27H35N3O4S. The summed E-state index contributed by atoms with van der Waals surface area (Å²) in [5.41, 5.74) is 2.69. The fraction of sp³-hybridized carbons (Fsp3) is 0.519. The Morgan fingerprint density at radius 3 is 2.60 bits per heavy atom. The number of allylic oxidation sites excluding steroid dienone is 1. The summed E-state index contributed by atoms with van der Waals surface area (Å²) in [5.74, 6) is 1.60. The van der Waals surface area contributed by atoms with Gasteiger partial charge in [-0.05, 0) is 69.5 Å². The van der Waals surface area contributed by atoms with Crippen molar-refractivity contribution in [2.45, 2.75) is 69.7 Å². The number of ether oxygens (including phenoxy) is 2. The number of fused-ring (bicyclic) bond motifs is 4. The first-order valence-corrected chi connectivity index (χ1v) is 13.1. The highest BCUT2D eigenvalue weighted by atomic mass is 32.2. The van der Waals surface area contributed by atoms with Gasteiger partial charge < -0.3 is 14.4 Å². The predicted molar refractivity (Wildman–Crippen MR) is 140 cm³/mol. The number of thioether (sulfide) groups is 1. The molecule has 1 amide bonds. The van der Waals surface area contributed by atoms with E-state index in [0.717, 1.165) is 33.9 Å². The molecule has 0 saturated carbocycles. The van der Waals surface area contributed by atoms with Crippen LogP contribution in [0, 0.1) is 0 Å². The summed E-state index contributed by atoms with van der Waals surface area (Å²) >= 11 is 1.57. The van der Waals surface area contributed by atoms with Gasteiger partial charge in [-0.3, -0.25) is 9.36 Å². The molecule has 188 valence electrons. The van der Waals surface area contributed by atoms with E-state index in [1.165, 1.54) is 0 Å². The van der Waals surface area contributed by atoms with Crippen molar-refractivity contribution >= 4 is 17.9 Å². The van der Waals surface area contributed by atoms with Crippen LogP contribution in [0.5, 0.6) is 5.75 Å². The molecule has 2 aliphatic rings. The monoisotopic (exact) mass is 497 g/mol. The highest BCUT2D eigenvalue weighted by Gasteiger charge is 2.46. The maximum atomic E-state index is 14.0. The van der Waals surface area contributed by atoms with Crippen LogP contribution in [-0.2, 0) is 23.1 Å². The van der Waals surface area contributed by atoms with Crippen LogP contribution < -0.4 is 10.3 Å². The number of carbonyl (C=O) groups excluding carboxylic acids is 1. The van der Waals surface area contributed by atoms with Gasteiger partial charge in [0.2, 0.25) is 0 Å². The van der Waals surface area contributed by atoms with Gasteiger partial charge >= 0.3 is 6.09 Å². The van der Waals surface area contributed by atoms with Crippen molar-refractivity contribution in [1.82, 2.24) is 14.5 Å². The lowest BCUT2D eigenvalue weighted by molar-refractivity contribution is 0.0161. The first-order valence-electron chi connectivity index (χ1n) is 12.2. The number of aromatic nitrogens is 2. The van der Waals surface area contributed by atoms with Crippen LogP contribution in [0.15, 0.2) is 40.8 Å². The van der Waals surface area contributed by atoms with E-state index in [0.29, 0.717) is 44.1 Å². The largest absolute Gasteiger partial charge is 0.497 e. The summed E-state index contributed by atoms with van der Waals surface area (Å²) in [6, 6.07) is 6.00. The maximum Gasteiger partial charge on any atom is 0.410 e. The number of amides is 1. The van der Waals surface area contributed by atoms with Crippen LogP contribution in [0.3, 0.4) is 0 Å². The second-order valence-corrected chi connectivity index (χ2v) is 11.4. The SMILES string of the molecule is C=CCn1c(SCC)nc2c(c1=O)C1(CCN(C(=O)OC(C)(C)C)CC1)Cc1cc(OC)ccc1-2. The molecule has 0 bridgehead atoms. The van der Waals surface area contributed by atoms with Gasteiger partial charge in [0.1, 0.15) is 11.4 Å². The van der Waals surface area contributed by atoms with Gasteiger partial charge in [0.15, 0.2) is 5.16 Å². The van der Waals surface area contributed by atoms with Crippen molar-refractivity contribution in [3.63, 3.8) is 0 Å². The molecule has 1 aliphatic heterocycles. The number of nitrogens with zero attached hydrogens (tertiary/aromatic N) is 3. The van der Waals surface area contributed by atoms with Gasteiger partial charge in [0.25, 0.3) is 5.56 Å². The van der Waals surface area contributed by atoms with Crippen LogP contribution >= 0.6 is 11.8 Å². The average Bonchev–Trinajstić information content (AvgIpc) is 2.80. The molecule has 2 heterocycles. The number of hydrogen-bond donors (Lipinski definition) is 0. The maximum absolute atomic E-state index is 14.0. The highest BCUT2D eigenvalue weighted by Crippen LogP contribution is 2.47. The standard InChI is InChI=1S/C27H35N3O4S/c1-7-13-30-23(31)21-22(28-24(30)35-8-2)20-10-9-19(33-6)16-18(20)17-27(21)11-14-29(15-12-27)25(32)34-26(3,4)5/h7,9-10,16H,1,8,11-15,17H2,2-6H3. The molecule has 7 nitrogen and oxygen atoms in total. The number of benzene rings is 1. The zero-order valence-corrected chi connectivity index (χ0v) is 22.2. The van der Waals surface area contributed by atoms with Crippen molar-refractivity contribution in [2.75, 3.05) is 26.0 Å². The minimum atomic E-state index is -0.547. The minimum absolute atomic E-state index is 0.00182. The molecule has 0 N–H and O–H groups in total. The van der Waals surface area contributed by atoms with E-state index in [-0.39, 0.29) is 11.7 Å². The Bertz CT molecular complexity index is 1190. The fourth-order valence-corrected chi connectivity index (χ4v) is 5.86. The first kappa shape index (κ1) is 25.4. The molecule has 1 aromatic heterocycles. The molecule has 4 rings (SSSR count). The van der Waals surface area contributed by atoms with E-state index in [2.05, 4.69) is 19.6 Å². The van der Waals surface area contributed by atoms with Crippen LogP contribution in [0.2, 0.25) is 0 Å². The number of methoxy groups -OCH3 is 1. The van der Waals surface area contributed by atoms with Crippen LogP contribution in [0.4, 0.5) is 4.79 Å². The summed E-state index contributed by atoms with van der Waals surface area (Å²) in [7, 11) is 1.66. The average molecular weight is 498 g/mol. The summed E-state index contributed by atoms with van der Waals surface area (Å²) in [4.78, 5) is 33.6. The minimum Gasteiger partial charge on any atom is -0.497 e. The van der Waals surface area contributed by atoms with E-state index >= 15 is 0 Å². The predicted octanol–water partition coefficient (Wildman–Crippen LogP) is 5.04. The summed E-state index contributed by atoms with van der Waals surface area (Å²) < 4.78 is 12.9. The first-order chi connectivity index (χ1) is 16.6. The van der Waals surface area contributed by atoms with E-state index in [4.69, 9.17) is 14.5 Å². The van der Waals surface area contributed by atoms with Crippen molar-refractivity contribution in [3.05, 3.63) is 52.3 Å². The Kier molecular flexibility index (Phi) is 7.04. The van der Waals surface area contributed by atoms with Gasteiger partial charge in [0, 0.05) is 30.6 Å². The Hall–Kier alpha value is -2.74. The summed E-state index contributed by atoms with van der Waals surface area (Å²) in [6.07, 6.45) is 3.49. The third kappa shape index (κ3) is 4.85. The lowest BCUT2D eigenvalue weighted by atomic mass is 9.64. The van der Waals surface area contributed by atoms with Crippen LogP contribution in [0.1, 0.15) is 51.7 Å². The zero-order valence-electron chi connectivity index (χ0n) is 21.3. The molecule has 1 fully saturated rings. The molecule has 2 aromatic rings. The molecule has 1 aliphatic carbocycles. The Balaban J connectivity index is 1.82. The van der Waals surface area contributed by atoms with Crippen molar-refractivity contribution in [2.24, 2.45) is 0 Å². The van der Waals surface area contributed by atoms with Crippen molar-refractivity contribution < 1.29 is 14.3 Å². The Labute approximate surface area is 211 Å². The van der Waals surface area contributed by atoms with E-state index in [9.17, 15) is 9.59 Å². The smallest absolute Gasteiger partial charge is 0.410 e.